The van der Waals surface area contributed by atoms with Gasteiger partial charge in [0.05, 0.1) is 23.2 Å². The standard InChI is InChI=1S/C24H30N2O6/c1-14(2)31-10-11-32-23(28)20-15(3)25-18-12-24(4,5)13-19(27)22(18)21(20)16-6-8-17(9-7-16)26(29)30/h6-9,14,21,25H,10-13H2,1-5H3/t21-/m1/s1. The maximum Gasteiger partial charge on any atom is 0.336 e. The van der Waals surface area contributed by atoms with E-state index in [2.05, 4.69) is 5.32 Å². The Morgan fingerprint density at radius 3 is 2.47 bits per heavy atom. The molecule has 0 saturated heterocycles. The normalized spacial score (nSPS) is 20.2. The van der Waals surface area contributed by atoms with Crippen LogP contribution >= 0.6 is 0 Å². The summed E-state index contributed by atoms with van der Waals surface area (Å²) in [6.45, 7) is 10.0. The van der Waals surface area contributed by atoms with E-state index in [1.165, 1.54) is 12.1 Å². The first kappa shape index (κ1) is 23.7. The van der Waals surface area contributed by atoms with Crippen molar-refractivity contribution in [2.45, 2.75) is 59.5 Å². The molecule has 1 aliphatic carbocycles. The van der Waals surface area contributed by atoms with E-state index in [1.54, 1.807) is 19.1 Å². The Morgan fingerprint density at radius 2 is 1.88 bits per heavy atom. The minimum atomic E-state index is -0.644. The van der Waals surface area contributed by atoms with Gasteiger partial charge in [0.1, 0.15) is 6.61 Å². The van der Waals surface area contributed by atoms with E-state index in [1.807, 2.05) is 27.7 Å². The van der Waals surface area contributed by atoms with Crippen molar-refractivity contribution in [3.05, 3.63) is 62.5 Å². The lowest BCUT2D eigenvalue weighted by atomic mass is 9.68. The van der Waals surface area contributed by atoms with Crippen molar-refractivity contribution in [1.29, 1.82) is 0 Å². The Hall–Kier alpha value is -3.00. The van der Waals surface area contributed by atoms with E-state index in [9.17, 15) is 19.7 Å². The van der Waals surface area contributed by atoms with Crippen molar-refractivity contribution < 1.29 is 24.0 Å². The Morgan fingerprint density at radius 1 is 1.22 bits per heavy atom. The quantitative estimate of drug-likeness (QED) is 0.292. The molecule has 32 heavy (non-hydrogen) atoms. The molecule has 0 spiro atoms. The summed E-state index contributed by atoms with van der Waals surface area (Å²) in [5.41, 5.74) is 2.68. The van der Waals surface area contributed by atoms with Gasteiger partial charge >= 0.3 is 5.97 Å². The highest BCUT2D eigenvalue weighted by Crippen LogP contribution is 2.46. The molecule has 3 rings (SSSR count). The number of ether oxygens (including phenoxy) is 2. The number of carbonyl (C=O) groups is 2. The van der Waals surface area contributed by atoms with Gasteiger partial charge in [-0.05, 0) is 38.2 Å². The Bertz CT molecular complexity index is 988. The summed E-state index contributed by atoms with van der Waals surface area (Å²) in [5, 5.41) is 14.4. The number of nitro groups is 1. The largest absolute Gasteiger partial charge is 0.460 e. The number of nitrogens with one attached hydrogen (secondary N) is 1. The molecule has 0 fully saturated rings. The number of ketones is 1. The molecule has 0 saturated carbocycles. The predicted octanol–water partition coefficient (Wildman–Crippen LogP) is 4.17. The van der Waals surface area contributed by atoms with Crippen LogP contribution in [0.2, 0.25) is 0 Å². The molecule has 1 aliphatic heterocycles. The summed E-state index contributed by atoms with van der Waals surface area (Å²) < 4.78 is 10.9. The van der Waals surface area contributed by atoms with E-state index in [4.69, 9.17) is 9.47 Å². The minimum Gasteiger partial charge on any atom is -0.460 e. The Labute approximate surface area is 187 Å². The number of nitro benzene ring substituents is 1. The molecule has 0 radical (unpaired) electrons. The van der Waals surface area contributed by atoms with Gasteiger partial charge < -0.3 is 14.8 Å². The second-order valence-corrected chi connectivity index (χ2v) is 9.33. The molecule has 1 N–H and O–H groups in total. The van der Waals surface area contributed by atoms with Crippen LogP contribution in [0.25, 0.3) is 0 Å². The fraction of sp³-hybridized carbons (Fsp3) is 0.500. The number of allylic oxidation sites excluding steroid dienone is 3. The highest BCUT2D eigenvalue weighted by Gasteiger charge is 2.43. The maximum atomic E-state index is 13.2. The lowest BCUT2D eigenvalue weighted by Gasteiger charge is -2.39. The molecule has 1 aromatic carbocycles. The van der Waals surface area contributed by atoms with E-state index >= 15 is 0 Å². The van der Waals surface area contributed by atoms with Crippen LogP contribution < -0.4 is 5.32 Å². The average Bonchev–Trinajstić information content (AvgIpc) is 2.69. The minimum absolute atomic E-state index is 0.0230. The van der Waals surface area contributed by atoms with Crippen LogP contribution in [0, 0.1) is 15.5 Å². The van der Waals surface area contributed by atoms with Gasteiger partial charge in [-0.25, -0.2) is 4.79 Å². The smallest absolute Gasteiger partial charge is 0.336 e. The molecular weight excluding hydrogens is 412 g/mol. The van der Waals surface area contributed by atoms with Gasteiger partial charge in [0.25, 0.3) is 5.69 Å². The zero-order valence-corrected chi connectivity index (χ0v) is 19.2. The molecule has 1 heterocycles. The molecule has 0 amide bonds. The van der Waals surface area contributed by atoms with Crippen LogP contribution in [0.1, 0.15) is 58.9 Å². The molecular formula is C24H30N2O6. The van der Waals surface area contributed by atoms with Crippen LogP contribution in [0.3, 0.4) is 0 Å². The van der Waals surface area contributed by atoms with Gasteiger partial charge in [0.2, 0.25) is 0 Å². The molecule has 1 atom stereocenters. The number of hydrogen-bond donors (Lipinski definition) is 1. The summed E-state index contributed by atoms with van der Waals surface area (Å²) in [6.07, 6.45) is 1.05. The summed E-state index contributed by atoms with van der Waals surface area (Å²) >= 11 is 0. The second kappa shape index (κ2) is 9.24. The monoisotopic (exact) mass is 442 g/mol. The first-order valence-electron chi connectivity index (χ1n) is 10.8. The summed E-state index contributed by atoms with van der Waals surface area (Å²) in [4.78, 5) is 36.9. The molecule has 8 heteroatoms. The van der Waals surface area contributed by atoms with Gasteiger partial charge in [-0.3, -0.25) is 14.9 Å². The number of rotatable bonds is 7. The number of nitrogens with zero attached hydrogens (tertiary/aromatic N) is 1. The van der Waals surface area contributed by atoms with Gasteiger partial charge in [-0.1, -0.05) is 26.0 Å². The van der Waals surface area contributed by atoms with Crippen LogP contribution in [-0.4, -0.2) is 36.0 Å². The summed E-state index contributed by atoms with van der Waals surface area (Å²) in [6, 6.07) is 6.00. The van der Waals surface area contributed by atoms with Gasteiger partial charge in [-0.15, -0.1) is 0 Å². The van der Waals surface area contributed by atoms with E-state index < -0.39 is 16.8 Å². The number of hydrogen-bond acceptors (Lipinski definition) is 7. The van der Waals surface area contributed by atoms with Crippen molar-refractivity contribution in [3.63, 3.8) is 0 Å². The fourth-order valence-electron chi connectivity index (χ4n) is 4.32. The molecule has 0 aromatic heterocycles. The van der Waals surface area contributed by atoms with Crippen molar-refractivity contribution in [3.8, 4) is 0 Å². The number of carbonyl (C=O) groups excluding carboxylic acids is 2. The average molecular weight is 443 g/mol. The fourth-order valence-corrected chi connectivity index (χ4v) is 4.32. The first-order chi connectivity index (χ1) is 15.0. The highest BCUT2D eigenvalue weighted by atomic mass is 16.6. The molecule has 172 valence electrons. The van der Waals surface area contributed by atoms with Gasteiger partial charge in [0.15, 0.2) is 5.78 Å². The zero-order chi connectivity index (χ0) is 23.6. The highest BCUT2D eigenvalue weighted by molar-refractivity contribution is 6.04. The van der Waals surface area contributed by atoms with Crippen LogP contribution in [-0.2, 0) is 19.1 Å². The van der Waals surface area contributed by atoms with E-state index in [0.29, 0.717) is 35.2 Å². The summed E-state index contributed by atoms with van der Waals surface area (Å²) in [7, 11) is 0. The van der Waals surface area contributed by atoms with E-state index in [-0.39, 0.29) is 36.2 Å². The third-order valence-corrected chi connectivity index (χ3v) is 5.66. The molecule has 0 unspecified atom stereocenters. The molecule has 0 bridgehead atoms. The second-order valence-electron chi connectivity index (χ2n) is 9.33. The van der Waals surface area contributed by atoms with Crippen LogP contribution in [0.15, 0.2) is 46.8 Å². The SMILES string of the molecule is CC1=C(C(=O)OCCOC(C)C)[C@@H](c2ccc([N+](=O)[O-])cc2)C2=C(CC(C)(C)CC2=O)N1. The van der Waals surface area contributed by atoms with Crippen molar-refractivity contribution >= 4 is 17.4 Å². The lowest BCUT2D eigenvalue weighted by Crippen LogP contribution is -2.38. The van der Waals surface area contributed by atoms with Crippen LogP contribution in [0.5, 0.6) is 0 Å². The first-order valence-corrected chi connectivity index (χ1v) is 10.8. The number of esters is 1. The third-order valence-electron chi connectivity index (χ3n) is 5.66. The predicted molar refractivity (Wildman–Crippen MR) is 119 cm³/mol. The maximum absolute atomic E-state index is 13.2. The van der Waals surface area contributed by atoms with E-state index in [0.717, 1.165) is 5.70 Å². The number of dihydropyridines is 1. The zero-order valence-electron chi connectivity index (χ0n) is 19.2. The van der Waals surface area contributed by atoms with Gasteiger partial charge in [0, 0.05) is 41.4 Å². The third kappa shape index (κ3) is 5.07. The number of benzene rings is 1. The van der Waals surface area contributed by atoms with Crippen molar-refractivity contribution in [2.75, 3.05) is 13.2 Å². The van der Waals surface area contributed by atoms with Crippen molar-refractivity contribution in [2.24, 2.45) is 5.41 Å². The van der Waals surface area contributed by atoms with Gasteiger partial charge in [-0.2, -0.15) is 0 Å². The van der Waals surface area contributed by atoms with Crippen molar-refractivity contribution in [1.82, 2.24) is 5.32 Å². The Kier molecular flexibility index (Phi) is 6.83. The summed E-state index contributed by atoms with van der Waals surface area (Å²) in [5.74, 6) is -1.21. The number of Topliss-reactive ketones (excluding diaryl/α,β-unsaturated/α-hetero) is 1. The molecule has 8 nitrogen and oxygen atoms in total. The Balaban J connectivity index is 2.00. The van der Waals surface area contributed by atoms with Crippen LogP contribution in [0.4, 0.5) is 5.69 Å². The lowest BCUT2D eigenvalue weighted by molar-refractivity contribution is -0.384. The molecule has 1 aromatic rings. The molecule has 2 aliphatic rings. The number of non-ortho nitro benzene ring substituents is 1. The topological polar surface area (TPSA) is 108 Å².